The standard InChI is InChI=1S/C17H27NO3/c1-4-8-20-15-6-5-14(11-18-13(2)3)17(10-15)21-16-7-9-19-12-16/h5-6,10,13,16,18H,4,7-9,11-12H2,1-3H3. The van der Waals surface area contributed by atoms with E-state index in [0.29, 0.717) is 12.6 Å². The van der Waals surface area contributed by atoms with Crippen molar-refractivity contribution in [3.05, 3.63) is 23.8 Å². The fraction of sp³-hybridized carbons (Fsp3) is 0.647. The molecule has 1 aliphatic rings. The lowest BCUT2D eigenvalue weighted by Crippen LogP contribution is -2.23. The molecule has 1 heterocycles. The van der Waals surface area contributed by atoms with Gasteiger partial charge >= 0.3 is 0 Å². The second-order valence-corrected chi connectivity index (χ2v) is 5.76. The molecule has 4 nitrogen and oxygen atoms in total. The Bertz CT molecular complexity index is 428. The number of rotatable bonds is 8. The van der Waals surface area contributed by atoms with Gasteiger partial charge in [-0.2, -0.15) is 0 Å². The van der Waals surface area contributed by atoms with E-state index >= 15 is 0 Å². The molecular weight excluding hydrogens is 266 g/mol. The molecule has 0 aromatic heterocycles. The molecule has 0 aliphatic carbocycles. The topological polar surface area (TPSA) is 39.7 Å². The highest BCUT2D eigenvalue weighted by molar-refractivity contribution is 5.41. The molecule has 1 unspecified atom stereocenters. The highest BCUT2D eigenvalue weighted by Crippen LogP contribution is 2.27. The average molecular weight is 293 g/mol. The van der Waals surface area contributed by atoms with Crippen LogP contribution in [0.1, 0.15) is 39.2 Å². The number of ether oxygens (including phenoxy) is 3. The van der Waals surface area contributed by atoms with Gasteiger partial charge in [-0.15, -0.1) is 0 Å². The molecule has 0 spiro atoms. The molecule has 1 aliphatic heterocycles. The van der Waals surface area contributed by atoms with Gasteiger partial charge in [-0.1, -0.05) is 26.8 Å². The summed E-state index contributed by atoms with van der Waals surface area (Å²) in [6.45, 7) is 9.39. The molecule has 0 saturated carbocycles. The highest BCUT2D eigenvalue weighted by Gasteiger charge is 2.19. The molecule has 0 amide bonds. The van der Waals surface area contributed by atoms with Crippen molar-refractivity contribution in [1.82, 2.24) is 5.32 Å². The molecule has 0 radical (unpaired) electrons. The second kappa shape index (κ2) is 8.25. The first-order valence-corrected chi connectivity index (χ1v) is 7.92. The first kappa shape index (κ1) is 16.1. The van der Waals surface area contributed by atoms with Gasteiger partial charge in [0, 0.05) is 30.6 Å². The minimum Gasteiger partial charge on any atom is -0.493 e. The van der Waals surface area contributed by atoms with Crippen LogP contribution in [0.4, 0.5) is 0 Å². The highest BCUT2D eigenvalue weighted by atomic mass is 16.5. The van der Waals surface area contributed by atoms with E-state index in [1.807, 2.05) is 12.1 Å². The predicted molar refractivity (Wildman–Crippen MR) is 84.1 cm³/mol. The summed E-state index contributed by atoms with van der Waals surface area (Å²) in [5.41, 5.74) is 1.17. The van der Waals surface area contributed by atoms with Crippen LogP contribution in [0.3, 0.4) is 0 Å². The van der Waals surface area contributed by atoms with Crippen LogP contribution >= 0.6 is 0 Å². The molecular formula is C17H27NO3. The van der Waals surface area contributed by atoms with Crippen LogP contribution in [0, 0.1) is 0 Å². The van der Waals surface area contributed by atoms with Crippen molar-refractivity contribution in [2.45, 2.75) is 52.3 Å². The number of benzene rings is 1. The summed E-state index contributed by atoms with van der Waals surface area (Å²) in [5, 5.41) is 3.44. The molecule has 2 rings (SSSR count). The second-order valence-electron chi connectivity index (χ2n) is 5.76. The molecule has 1 atom stereocenters. The maximum atomic E-state index is 6.11. The summed E-state index contributed by atoms with van der Waals surface area (Å²) in [7, 11) is 0. The Balaban J connectivity index is 2.08. The predicted octanol–water partition coefficient (Wildman–Crippen LogP) is 3.14. The van der Waals surface area contributed by atoms with E-state index in [1.165, 1.54) is 5.56 Å². The van der Waals surface area contributed by atoms with Crippen molar-refractivity contribution in [1.29, 1.82) is 0 Å². The van der Waals surface area contributed by atoms with Crippen molar-refractivity contribution in [2.24, 2.45) is 0 Å². The van der Waals surface area contributed by atoms with Gasteiger partial charge in [0.15, 0.2) is 0 Å². The van der Waals surface area contributed by atoms with E-state index in [2.05, 4.69) is 32.2 Å². The zero-order valence-corrected chi connectivity index (χ0v) is 13.4. The van der Waals surface area contributed by atoms with E-state index in [-0.39, 0.29) is 6.10 Å². The van der Waals surface area contributed by atoms with Gasteiger partial charge in [0.25, 0.3) is 0 Å². The first-order valence-electron chi connectivity index (χ1n) is 7.92. The third-order valence-electron chi connectivity index (χ3n) is 3.39. The number of nitrogens with one attached hydrogen (secondary N) is 1. The zero-order chi connectivity index (χ0) is 15.1. The Kier molecular flexibility index (Phi) is 6.33. The van der Waals surface area contributed by atoms with Crippen LogP contribution in [0.2, 0.25) is 0 Å². The van der Waals surface area contributed by atoms with Gasteiger partial charge < -0.3 is 19.5 Å². The first-order chi connectivity index (χ1) is 10.2. The monoisotopic (exact) mass is 293 g/mol. The summed E-state index contributed by atoms with van der Waals surface area (Å²) in [5.74, 6) is 1.78. The van der Waals surface area contributed by atoms with Gasteiger partial charge in [0.2, 0.25) is 0 Å². The van der Waals surface area contributed by atoms with Crippen molar-refractivity contribution >= 4 is 0 Å². The van der Waals surface area contributed by atoms with E-state index in [4.69, 9.17) is 14.2 Å². The zero-order valence-electron chi connectivity index (χ0n) is 13.4. The van der Waals surface area contributed by atoms with Crippen molar-refractivity contribution < 1.29 is 14.2 Å². The maximum Gasteiger partial charge on any atom is 0.128 e. The van der Waals surface area contributed by atoms with Gasteiger partial charge in [-0.25, -0.2) is 0 Å². The Labute approximate surface area is 127 Å². The van der Waals surface area contributed by atoms with Gasteiger partial charge in [0.1, 0.15) is 17.6 Å². The Hall–Kier alpha value is -1.26. The lowest BCUT2D eigenvalue weighted by molar-refractivity contribution is 0.140. The SMILES string of the molecule is CCCOc1ccc(CNC(C)C)c(OC2CCOC2)c1. The molecule has 118 valence electrons. The summed E-state index contributed by atoms with van der Waals surface area (Å²) in [4.78, 5) is 0. The van der Waals surface area contributed by atoms with Gasteiger partial charge in [-0.05, 0) is 12.5 Å². The lowest BCUT2D eigenvalue weighted by Gasteiger charge is -2.18. The third kappa shape index (κ3) is 5.21. The maximum absolute atomic E-state index is 6.11. The number of hydrogen-bond donors (Lipinski definition) is 1. The average Bonchev–Trinajstić information content (AvgIpc) is 2.97. The van der Waals surface area contributed by atoms with E-state index in [0.717, 1.165) is 44.1 Å². The molecule has 1 aromatic carbocycles. The molecule has 1 aromatic rings. The van der Waals surface area contributed by atoms with Crippen molar-refractivity contribution in [3.8, 4) is 11.5 Å². The molecule has 0 bridgehead atoms. The molecule has 1 saturated heterocycles. The van der Waals surface area contributed by atoms with Crippen LogP contribution in [0.15, 0.2) is 18.2 Å². The van der Waals surface area contributed by atoms with E-state index in [1.54, 1.807) is 0 Å². The Morgan fingerprint density at radius 2 is 2.24 bits per heavy atom. The summed E-state index contributed by atoms with van der Waals surface area (Å²) >= 11 is 0. The number of hydrogen-bond acceptors (Lipinski definition) is 4. The molecule has 21 heavy (non-hydrogen) atoms. The van der Waals surface area contributed by atoms with Gasteiger partial charge in [0.05, 0.1) is 19.8 Å². The Morgan fingerprint density at radius 1 is 1.38 bits per heavy atom. The minimum absolute atomic E-state index is 0.157. The molecule has 1 N–H and O–H groups in total. The normalized spacial score (nSPS) is 18.2. The van der Waals surface area contributed by atoms with Crippen LogP contribution < -0.4 is 14.8 Å². The Morgan fingerprint density at radius 3 is 2.90 bits per heavy atom. The van der Waals surface area contributed by atoms with Crippen LogP contribution in [0.25, 0.3) is 0 Å². The van der Waals surface area contributed by atoms with E-state index < -0.39 is 0 Å². The van der Waals surface area contributed by atoms with Crippen molar-refractivity contribution in [2.75, 3.05) is 19.8 Å². The largest absolute Gasteiger partial charge is 0.493 e. The summed E-state index contributed by atoms with van der Waals surface area (Å²) in [6.07, 6.45) is 2.12. The third-order valence-corrected chi connectivity index (χ3v) is 3.39. The fourth-order valence-electron chi connectivity index (χ4n) is 2.20. The quantitative estimate of drug-likeness (QED) is 0.799. The van der Waals surface area contributed by atoms with Gasteiger partial charge in [-0.3, -0.25) is 0 Å². The van der Waals surface area contributed by atoms with E-state index in [9.17, 15) is 0 Å². The fourth-order valence-corrected chi connectivity index (χ4v) is 2.20. The van der Waals surface area contributed by atoms with Crippen molar-refractivity contribution in [3.63, 3.8) is 0 Å². The smallest absolute Gasteiger partial charge is 0.128 e. The lowest BCUT2D eigenvalue weighted by atomic mass is 10.1. The summed E-state index contributed by atoms with van der Waals surface area (Å²) < 4.78 is 17.2. The summed E-state index contributed by atoms with van der Waals surface area (Å²) in [6, 6.07) is 6.56. The van der Waals surface area contributed by atoms with Crippen LogP contribution in [0.5, 0.6) is 11.5 Å². The molecule has 1 fully saturated rings. The molecule has 4 heteroatoms. The van der Waals surface area contributed by atoms with Crippen LogP contribution in [-0.2, 0) is 11.3 Å². The van der Waals surface area contributed by atoms with Crippen LogP contribution in [-0.4, -0.2) is 32.0 Å². The minimum atomic E-state index is 0.157.